The lowest BCUT2D eigenvalue weighted by Crippen LogP contribution is -2.51. The van der Waals surface area contributed by atoms with Crippen molar-refractivity contribution in [3.8, 4) is 0 Å². The molecule has 196 valence electrons. The van der Waals surface area contributed by atoms with Crippen molar-refractivity contribution in [2.45, 2.75) is 23.8 Å². The molecule has 0 bridgehead atoms. The normalized spacial score (nSPS) is 14.8. The molecule has 1 aliphatic rings. The highest BCUT2D eigenvalue weighted by Gasteiger charge is 2.30. The summed E-state index contributed by atoms with van der Waals surface area (Å²) in [5, 5.41) is 15.3. The Morgan fingerprint density at radius 1 is 1.19 bits per heavy atom. The fraction of sp³-hybridized carbons (Fsp3) is 0.320. The van der Waals surface area contributed by atoms with Gasteiger partial charge in [-0.05, 0) is 48.9 Å². The van der Waals surface area contributed by atoms with Gasteiger partial charge in [0.15, 0.2) is 0 Å². The van der Waals surface area contributed by atoms with Crippen molar-refractivity contribution in [2.24, 2.45) is 5.92 Å². The van der Waals surface area contributed by atoms with Gasteiger partial charge < -0.3 is 20.6 Å². The number of hydrogen-bond acceptors (Lipinski definition) is 6. The average molecular weight is 565 g/mol. The molecule has 9 nitrogen and oxygen atoms in total. The number of aromatic nitrogens is 1. The first-order chi connectivity index (χ1) is 17.7. The molecule has 1 aliphatic heterocycles. The van der Waals surface area contributed by atoms with Gasteiger partial charge in [-0.2, -0.15) is 0 Å². The fourth-order valence-corrected chi connectivity index (χ4v) is 4.92. The maximum Gasteiger partial charge on any atom is 0.328 e. The number of hydrogen-bond donors (Lipinski definition) is 3. The van der Waals surface area contributed by atoms with Gasteiger partial charge in [0.05, 0.1) is 15.6 Å². The third kappa shape index (κ3) is 7.70. The van der Waals surface area contributed by atoms with Crippen molar-refractivity contribution in [1.29, 1.82) is 0 Å². The van der Waals surface area contributed by atoms with Crippen molar-refractivity contribution in [2.75, 3.05) is 25.9 Å². The zero-order chi connectivity index (χ0) is 26.9. The second kappa shape index (κ2) is 13.5. The number of nitrogens with zero attached hydrogens (tertiary/aromatic N) is 2. The van der Waals surface area contributed by atoms with E-state index in [4.69, 9.17) is 23.2 Å². The molecule has 3 N–H and O–H groups in total. The number of likely N-dealkylation sites (tertiary alicyclic amines) is 1. The fourth-order valence-electron chi connectivity index (χ4n) is 3.75. The van der Waals surface area contributed by atoms with Crippen molar-refractivity contribution < 1.29 is 24.3 Å². The smallest absolute Gasteiger partial charge is 0.328 e. The number of halogens is 2. The SMILES string of the molecule is CSc1ccc(C=CC(=O)N2CCC(C(=O)NC(CNC(=O)c3cccnc3)C(=O)O)CC2)c(Cl)c1Cl. The van der Waals surface area contributed by atoms with E-state index in [0.717, 1.165) is 4.90 Å². The molecular weight excluding hydrogens is 539 g/mol. The Balaban J connectivity index is 1.50. The number of thioether (sulfide) groups is 1. The third-order valence-corrected chi connectivity index (χ3v) is 7.67. The van der Waals surface area contributed by atoms with Crippen LogP contribution in [0.5, 0.6) is 0 Å². The molecule has 0 spiro atoms. The zero-order valence-electron chi connectivity index (χ0n) is 19.9. The molecule has 1 aromatic heterocycles. The quantitative estimate of drug-likeness (QED) is 0.314. The van der Waals surface area contributed by atoms with Gasteiger partial charge in [-0.25, -0.2) is 4.79 Å². The van der Waals surface area contributed by atoms with E-state index in [1.807, 2.05) is 12.3 Å². The van der Waals surface area contributed by atoms with Crippen LogP contribution >= 0.6 is 35.0 Å². The summed E-state index contributed by atoms with van der Waals surface area (Å²) in [7, 11) is 0. The number of piperidine rings is 1. The van der Waals surface area contributed by atoms with E-state index in [0.29, 0.717) is 41.5 Å². The standard InChI is InChI=1S/C25H26Cl2N4O5S/c1-37-19-6-4-15(21(26)22(19)27)5-7-20(32)31-11-8-16(9-12-31)24(34)30-18(25(35)36)14-29-23(33)17-3-2-10-28-13-17/h2-7,10,13,16,18H,8-9,11-12,14H2,1H3,(H,29,33)(H,30,34)(H,35,36). The van der Waals surface area contributed by atoms with Crippen LogP contribution in [0.25, 0.3) is 6.08 Å². The summed E-state index contributed by atoms with van der Waals surface area (Å²) in [6.07, 6.45) is 8.56. The highest BCUT2D eigenvalue weighted by Crippen LogP contribution is 2.35. The number of carboxylic acids is 1. The van der Waals surface area contributed by atoms with E-state index in [1.54, 1.807) is 29.2 Å². The largest absolute Gasteiger partial charge is 0.480 e. The molecule has 1 atom stereocenters. The summed E-state index contributed by atoms with van der Waals surface area (Å²) in [5.41, 5.74) is 0.911. The highest BCUT2D eigenvalue weighted by molar-refractivity contribution is 7.98. The molecular formula is C25H26Cl2N4O5S. The molecule has 2 heterocycles. The maximum atomic E-state index is 12.7. The Bertz CT molecular complexity index is 1190. The lowest BCUT2D eigenvalue weighted by atomic mass is 9.95. The number of benzene rings is 1. The lowest BCUT2D eigenvalue weighted by molar-refractivity contribution is -0.142. The lowest BCUT2D eigenvalue weighted by Gasteiger charge is -2.31. The number of rotatable bonds is 9. The highest BCUT2D eigenvalue weighted by atomic mass is 35.5. The summed E-state index contributed by atoms with van der Waals surface area (Å²) < 4.78 is 0. The van der Waals surface area contributed by atoms with Gasteiger partial charge in [0.2, 0.25) is 11.8 Å². The van der Waals surface area contributed by atoms with Crippen LogP contribution in [-0.4, -0.2) is 70.6 Å². The number of carboxylic acid groups (broad SMARTS) is 1. The molecule has 1 unspecified atom stereocenters. The Hall–Kier alpha value is -3.08. The van der Waals surface area contributed by atoms with E-state index in [9.17, 15) is 24.3 Å². The summed E-state index contributed by atoms with van der Waals surface area (Å²) in [6.45, 7) is 0.411. The summed E-state index contributed by atoms with van der Waals surface area (Å²) >= 11 is 14.0. The van der Waals surface area contributed by atoms with Crippen molar-refractivity contribution in [1.82, 2.24) is 20.5 Å². The Labute approximate surface area is 228 Å². The molecule has 1 aromatic carbocycles. The van der Waals surface area contributed by atoms with Gasteiger partial charge in [-0.15, -0.1) is 11.8 Å². The van der Waals surface area contributed by atoms with Crippen LogP contribution in [0, 0.1) is 5.92 Å². The van der Waals surface area contributed by atoms with Gasteiger partial charge in [0.25, 0.3) is 5.91 Å². The van der Waals surface area contributed by atoms with Gasteiger partial charge in [0.1, 0.15) is 6.04 Å². The minimum atomic E-state index is -1.29. The molecule has 3 rings (SSSR count). The Morgan fingerprint density at radius 3 is 2.54 bits per heavy atom. The van der Waals surface area contributed by atoms with Crippen molar-refractivity contribution in [3.05, 3.63) is 63.9 Å². The first-order valence-electron chi connectivity index (χ1n) is 11.4. The van der Waals surface area contributed by atoms with Gasteiger partial charge in [-0.3, -0.25) is 19.4 Å². The average Bonchev–Trinajstić information content (AvgIpc) is 2.91. The number of nitrogens with one attached hydrogen (secondary N) is 2. The summed E-state index contributed by atoms with van der Waals surface area (Å²) in [5.74, 6) is -2.85. The molecule has 1 saturated heterocycles. The van der Waals surface area contributed by atoms with Crippen LogP contribution in [0.1, 0.15) is 28.8 Å². The van der Waals surface area contributed by atoms with E-state index < -0.39 is 29.7 Å². The van der Waals surface area contributed by atoms with Gasteiger partial charge >= 0.3 is 5.97 Å². The number of amides is 3. The molecule has 37 heavy (non-hydrogen) atoms. The van der Waals surface area contributed by atoms with Crippen LogP contribution in [-0.2, 0) is 14.4 Å². The van der Waals surface area contributed by atoms with Crippen molar-refractivity contribution >= 4 is 64.7 Å². The predicted octanol–water partition coefficient (Wildman–Crippen LogP) is 3.36. The second-order valence-electron chi connectivity index (χ2n) is 8.27. The van der Waals surface area contributed by atoms with Crippen LogP contribution in [0.4, 0.5) is 0 Å². The molecule has 0 saturated carbocycles. The van der Waals surface area contributed by atoms with Crippen LogP contribution in [0.3, 0.4) is 0 Å². The topological polar surface area (TPSA) is 129 Å². The van der Waals surface area contributed by atoms with Crippen molar-refractivity contribution in [3.63, 3.8) is 0 Å². The molecule has 0 radical (unpaired) electrons. The summed E-state index contributed by atoms with van der Waals surface area (Å²) in [6, 6.07) is 5.47. The Kier molecular flexibility index (Phi) is 10.4. The monoisotopic (exact) mass is 564 g/mol. The van der Waals surface area contributed by atoms with Crippen LogP contribution < -0.4 is 10.6 Å². The number of carbonyl (C=O) groups excluding carboxylic acids is 3. The number of carbonyl (C=O) groups is 4. The first-order valence-corrected chi connectivity index (χ1v) is 13.4. The predicted molar refractivity (Wildman–Crippen MR) is 143 cm³/mol. The van der Waals surface area contributed by atoms with E-state index in [1.165, 1.54) is 30.2 Å². The zero-order valence-corrected chi connectivity index (χ0v) is 22.3. The number of aliphatic carboxylic acids is 1. The van der Waals surface area contributed by atoms with Gasteiger partial charge in [-0.1, -0.05) is 29.3 Å². The maximum absolute atomic E-state index is 12.7. The molecule has 0 aliphatic carbocycles. The van der Waals surface area contributed by atoms with E-state index in [-0.39, 0.29) is 18.0 Å². The first kappa shape index (κ1) is 28.5. The van der Waals surface area contributed by atoms with E-state index >= 15 is 0 Å². The molecule has 2 aromatic rings. The minimum absolute atomic E-state index is 0.221. The van der Waals surface area contributed by atoms with E-state index in [2.05, 4.69) is 15.6 Å². The Morgan fingerprint density at radius 2 is 1.92 bits per heavy atom. The van der Waals surface area contributed by atoms with Crippen LogP contribution in [0.15, 0.2) is 47.6 Å². The van der Waals surface area contributed by atoms with Gasteiger partial charge in [0, 0.05) is 48.9 Å². The molecule has 12 heteroatoms. The molecule has 3 amide bonds. The number of pyridine rings is 1. The summed E-state index contributed by atoms with van der Waals surface area (Å²) in [4.78, 5) is 55.4. The third-order valence-electron chi connectivity index (χ3n) is 5.88. The van der Waals surface area contributed by atoms with Crippen LogP contribution in [0.2, 0.25) is 10.0 Å². The minimum Gasteiger partial charge on any atom is -0.480 e. The molecule has 1 fully saturated rings. The second-order valence-corrected chi connectivity index (χ2v) is 9.87.